The predicted molar refractivity (Wildman–Crippen MR) is 288 cm³/mol. The number of carbonyl (C=O) groups excluding carboxylic acids is 1. The third-order valence-electron chi connectivity index (χ3n) is 23.7. The number of fused-ring (bicyclic) bond motifs is 7. The van der Waals surface area contributed by atoms with Gasteiger partial charge in [0.05, 0.1) is 56.3 Å². The number of esters is 1. The number of rotatable bonds is 13. The molecule has 85 heavy (non-hydrogen) atoms. The fraction of sp³-hybridized carbons (Fsp3) is 0.949. The first-order chi connectivity index (χ1) is 39.9. The first-order valence-electron chi connectivity index (χ1n) is 30.7. The highest BCUT2D eigenvalue weighted by Gasteiger charge is 2.71. The smallest absolute Gasteiger partial charge is 0.315 e. The Morgan fingerprint density at radius 3 is 1.87 bits per heavy atom. The van der Waals surface area contributed by atoms with Crippen molar-refractivity contribution in [1.29, 1.82) is 0 Å². The second-order valence-corrected chi connectivity index (χ2v) is 28.2. The third kappa shape index (κ3) is 11.0. The molecule has 5 saturated heterocycles. The minimum absolute atomic E-state index is 0.0256. The standard InChI is InChI=1S/C59H96O26/c1-23-10-15-59(54(76)85-52-47(74)43(70)40(67)31(82-52)22-78-50-45(72)36(63)25(29(19-60)80-50)18-28-38(65)41(68)44(71)49(75)79-28)17-16-57(6)26(35(59)24(23)2)8-9-33-56(5)13-12-34(55(3,4)32(56)11-14-58(33,57)7)83-53-48(37(64)27(62)21-77-53)84-51-46(73)42(69)39(66)30(20-61)81-51/h8,23-25,27-53,60-75H,9-22H2,1-7H3/t23-,24+,25-,27+,28+,29-,30-,31-,32+,33-,34+,35+,36+,37+,38-,39+,40-,41+,42+,43+,44-,45-,46-,47-,48-,49-,50-,51+,52+,53+,56+,57-,58-,59+/m1/s1. The monoisotopic (exact) mass is 1220 g/mol. The molecule has 0 radical (unpaired) electrons. The van der Waals surface area contributed by atoms with Gasteiger partial charge in [-0.3, -0.25) is 4.79 Å². The number of ether oxygens (including phenoxy) is 9. The molecule has 16 N–H and O–H groups in total. The zero-order chi connectivity index (χ0) is 61.9. The predicted octanol–water partition coefficient (Wildman–Crippen LogP) is -3.09. The van der Waals surface area contributed by atoms with Gasteiger partial charge >= 0.3 is 5.97 Å². The van der Waals surface area contributed by atoms with Crippen molar-refractivity contribution in [2.45, 2.75) is 260 Å². The maximum atomic E-state index is 15.3. The molecule has 488 valence electrons. The highest BCUT2D eigenvalue weighted by atomic mass is 16.8. The van der Waals surface area contributed by atoms with Crippen molar-refractivity contribution >= 4 is 5.97 Å². The van der Waals surface area contributed by atoms with Crippen LogP contribution in [-0.2, 0) is 47.4 Å². The minimum Gasteiger partial charge on any atom is -0.432 e. The average molecular weight is 1220 g/mol. The summed E-state index contributed by atoms with van der Waals surface area (Å²) < 4.78 is 53.6. The molecular formula is C59H96O26. The minimum atomic E-state index is -1.89. The molecule has 10 aliphatic rings. The number of aliphatic hydroxyl groups is 16. The Kier molecular flexibility index (Phi) is 19.2. The first kappa shape index (κ1) is 66.2. The van der Waals surface area contributed by atoms with Gasteiger partial charge in [0.25, 0.3) is 0 Å². The summed E-state index contributed by atoms with van der Waals surface area (Å²) in [6.45, 7) is 13.6. The summed E-state index contributed by atoms with van der Waals surface area (Å²) >= 11 is 0. The van der Waals surface area contributed by atoms with Crippen molar-refractivity contribution in [1.82, 2.24) is 0 Å². The Morgan fingerprint density at radius 2 is 1.19 bits per heavy atom. The molecule has 0 amide bonds. The fourth-order valence-corrected chi connectivity index (χ4v) is 18.1. The molecular weight excluding hydrogens is 1120 g/mol. The van der Waals surface area contributed by atoms with Crippen LogP contribution in [0.3, 0.4) is 0 Å². The quantitative estimate of drug-likeness (QED) is 0.0493. The van der Waals surface area contributed by atoms with Gasteiger partial charge in [0.1, 0.15) is 91.6 Å². The first-order valence-corrected chi connectivity index (χ1v) is 30.7. The Hall–Kier alpha value is -1.75. The number of hydrogen-bond donors (Lipinski definition) is 16. The molecule has 5 aliphatic heterocycles. The van der Waals surface area contributed by atoms with Crippen molar-refractivity contribution in [2.24, 2.45) is 62.6 Å². The SMILES string of the molecule is C[C@H]1[C@H](C)CC[C@]2(C(=O)O[C@@H]3O[C@H](CO[C@@H]4O[C@H](CO)[C@@H](C[C@@H]5O[C@@H](O)[C@H](O)[C@@H](O)[C@@H]5O)[C@H](O)[C@H]4O)[C@@H](O)[C@H](O)[C@H]3O)CC[C@]3(C)C(=CC[C@@H]4[C@@]5(C)CC[C@H](O[C@@H]6OC[C@H](O)[C@H](O)[C@H]6O[C@@H]6O[C@H](CO)[C@H](O)[C@H](O)[C@H]6O)C(C)(C)[C@@H]5CC[C@]43C)[C@H]12. The lowest BCUT2D eigenvalue weighted by atomic mass is 9.33. The van der Waals surface area contributed by atoms with Gasteiger partial charge in [0, 0.05) is 5.92 Å². The highest BCUT2D eigenvalue weighted by molar-refractivity contribution is 5.79. The van der Waals surface area contributed by atoms with E-state index in [-0.39, 0.29) is 58.9 Å². The van der Waals surface area contributed by atoms with Crippen molar-refractivity contribution in [2.75, 3.05) is 26.4 Å². The van der Waals surface area contributed by atoms with Crippen LogP contribution in [0, 0.1) is 62.6 Å². The zero-order valence-corrected chi connectivity index (χ0v) is 49.5. The maximum absolute atomic E-state index is 15.3. The molecule has 10 rings (SSSR count). The molecule has 0 aromatic heterocycles. The van der Waals surface area contributed by atoms with E-state index in [0.29, 0.717) is 25.7 Å². The largest absolute Gasteiger partial charge is 0.432 e. The van der Waals surface area contributed by atoms with Crippen LogP contribution < -0.4 is 0 Å². The Balaban J connectivity index is 0.826. The summed E-state index contributed by atoms with van der Waals surface area (Å²) in [5.41, 5.74) is -1.10. The summed E-state index contributed by atoms with van der Waals surface area (Å²) in [6, 6.07) is 0. The number of carbonyl (C=O) groups is 1. The summed E-state index contributed by atoms with van der Waals surface area (Å²) in [7, 11) is 0. The van der Waals surface area contributed by atoms with Crippen molar-refractivity contribution in [3.63, 3.8) is 0 Å². The van der Waals surface area contributed by atoms with E-state index in [0.717, 1.165) is 32.1 Å². The molecule has 0 aromatic carbocycles. The second kappa shape index (κ2) is 24.7. The molecule has 0 aromatic rings. The molecule has 26 nitrogen and oxygen atoms in total. The van der Waals surface area contributed by atoms with E-state index in [9.17, 15) is 81.7 Å². The van der Waals surface area contributed by atoms with Crippen molar-refractivity contribution in [3.05, 3.63) is 11.6 Å². The van der Waals surface area contributed by atoms with E-state index in [1.165, 1.54) is 5.57 Å². The van der Waals surface area contributed by atoms with Gasteiger partial charge < -0.3 is 124 Å². The van der Waals surface area contributed by atoms with Gasteiger partial charge in [-0.25, -0.2) is 0 Å². The fourth-order valence-electron chi connectivity index (χ4n) is 18.1. The Bertz CT molecular complexity index is 2350. The van der Waals surface area contributed by atoms with Gasteiger partial charge in [-0.2, -0.15) is 0 Å². The van der Waals surface area contributed by atoms with Gasteiger partial charge in [-0.1, -0.05) is 60.1 Å². The topological polar surface area (TPSA) is 424 Å². The van der Waals surface area contributed by atoms with Crippen LogP contribution in [0.5, 0.6) is 0 Å². The Morgan fingerprint density at radius 1 is 0.576 bits per heavy atom. The molecule has 0 bridgehead atoms. The third-order valence-corrected chi connectivity index (χ3v) is 23.7. The summed E-state index contributed by atoms with van der Waals surface area (Å²) in [4.78, 5) is 15.3. The summed E-state index contributed by atoms with van der Waals surface area (Å²) in [5, 5.41) is 171. The lowest BCUT2D eigenvalue weighted by Crippen LogP contribution is -2.66. The van der Waals surface area contributed by atoms with Crippen LogP contribution in [0.15, 0.2) is 11.6 Å². The van der Waals surface area contributed by atoms with Crippen molar-refractivity contribution < 1.29 is 129 Å². The van der Waals surface area contributed by atoms with Gasteiger partial charge in [-0.15, -0.1) is 0 Å². The summed E-state index contributed by atoms with van der Waals surface area (Å²) in [6.07, 6.45) is -29.7. The number of aliphatic hydroxyl groups excluding tert-OH is 16. The van der Waals surface area contributed by atoms with E-state index in [4.69, 9.17) is 42.6 Å². The molecule has 0 unspecified atom stereocenters. The van der Waals surface area contributed by atoms with E-state index in [1.54, 1.807) is 0 Å². The van der Waals surface area contributed by atoms with Gasteiger partial charge in [0.15, 0.2) is 25.2 Å². The van der Waals surface area contributed by atoms with Gasteiger partial charge in [-0.05, 0) is 115 Å². The van der Waals surface area contributed by atoms with Crippen LogP contribution in [0.25, 0.3) is 0 Å². The zero-order valence-electron chi connectivity index (χ0n) is 49.5. The molecule has 0 spiro atoms. The lowest BCUT2D eigenvalue weighted by molar-refractivity contribution is -0.367. The summed E-state index contributed by atoms with van der Waals surface area (Å²) in [5.74, 6) is -1.42. The number of allylic oxidation sites excluding steroid dienone is 2. The van der Waals surface area contributed by atoms with Crippen LogP contribution in [0.1, 0.15) is 113 Å². The molecule has 34 atom stereocenters. The lowest BCUT2D eigenvalue weighted by Gasteiger charge is -2.71. The number of hydrogen-bond acceptors (Lipinski definition) is 26. The van der Waals surface area contributed by atoms with Crippen LogP contribution in [0.2, 0.25) is 0 Å². The van der Waals surface area contributed by atoms with Crippen LogP contribution in [-0.4, -0.2) is 262 Å². The molecule has 9 fully saturated rings. The maximum Gasteiger partial charge on any atom is 0.315 e. The van der Waals surface area contributed by atoms with Gasteiger partial charge in [0.2, 0.25) is 6.29 Å². The Labute approximate surface area is 494 Å². The molecule has 4 saturated carbocycles. The van der Waals surface area contributed by atoms with E-state index in [1.807, 2.05) is 0 Å². The highest BCUT2D eigenvalue weighted by Crippen LogP contribution is 2.76. The van der Waals surface area contributed by atoms with Crippen LogP contribution >= 0.6 is 0 Å². The van der Waals surface area contributed by atoms with Crippen LogP contribution in [0.4, 0.5) is 0 Å². The average Bonchev–Trinajstić information content (AvgIpc) is 0.700. The molecule has 5 heterocycles. The van der Waals surface area contributed by atoms with E-state index < -0.39 is 190 Å². The van der Waals surface area contributed by atoms with E-state index >= 15 is 4.79 Å². The normalized spacial score (nSPS) is 55.3. The van der Waals surface area contributed by atoms with Crippen molar-refractivity contribution in [3.8, 4) is 0 Å². The van der Waals surface area contributed by atoms with E-state index in [2.05, 4.69) is 54.5 Å². The molecule has 5 aliphatic carbocycles. The second-order valence-electron chi connectivity index (χ2n) is 28.2. The molecule has 26 heteroatoms.